The molecule has 2 atom stereocenters. The molecule has 1 heterocycles. The van der Waals surface area contributed by atoms with Crippen LogP contribution in [0.15, 0.2) is 24.3 Å². The molecule has 1 aliphatic rings. The number of aliphatic hydroxyl groups is 1. The number of hydrogen-bond donors (Lipinski definition) is 3. The predicted octanol–water partition coefficient (Wildman–Crippen LogP) is 0.598. The number of hydrogen-bond acceptors (Lipinski definition) is 3. The second kappa shape index (κ2) is 6.53. The van der Waals surface area contributed by atoms with Crippen LogP contribution in [0.3, 0.4) is 0 Å². The molecular weight excluding hydrogens is 279 g/mol. The van der Waals surface area contributed by atoms with Crippen molar-refractivity contribution in [3.8, 4) is 0 Å². The largest absolute Gasteiger partial charge is 0.480 e. The quantitative estimate of drug-likeness (QED) is 0.759. The Balaban J connectivity index is 1.87. The number of aliphatic hydroxyl groups excluding tert-OH is 1. The summed E-state index contributed by atoms with van der Waals surface area (Å²) < 4.78 is 13.4. The van der Waals surface area contributed by atoms with Gasteiger partial charge in [-0.2, -0.15) is 0 Å². The molecule has 7 heteroatoms. The van der Waals surface area contributed by atoms with Crippen LogP contribution in [0, 0.1) is 5.82 Å². The molecule has 0 saturated carbocycles. The number of likely N-dealkylation sites (tertiary alicyclic amines) is 1. The van der Waals surface area contributed by atoms with Crippen molar-refractivity contribution in [2.24, 2.45) is 0 Å². The van der Waals surface area contributed by atoms with Gasteiger partial charge in [0.25, 0.3) is 0 Å². The molecule has 6 nitrogen and oxygen atoms in total. The Morgan fingerprint density at radius 3 is 2.76 bits per heavy atom. The summed E-state index contributed by atoms with van der Waals surface area (Å²) in [6.45, 7) is 0.182. The zero-order valence-electron chi connectivity index (χ0n) is 11.3. The van der Waals surface area contributed by atoms with E-state index in [-0.39, 0.29) is 25.3 Å². The number of aliphatic carboxylic acids is 1. The number of amides is 2. The molecule has 2 rings (SSSR count). The smallest absolute Gasteiger partial charge is 0.326 e. The van der Waals surface area contributed by atoms with Crippen LogP contribution in [0.1, 0.15) is 12.0 Å². The molecule has 2 amide bonds. The Kier molecular flexibility index (Phi) is 4.74. The van der Waals surface area contributed by atoms with Gasteiger partial charge < -0.3 is 20.4 Å². The number of urea groups is 1. The summed E-state index contributed by atoms with van der Waals surface area (Å²) in [6, 6.07) is 4.68. The predicted molar refractivity (Wildman–Crippen MR) is 72.3 cm³/mol. The molecule has 114 valence electrons. The molecule has 0 radical (unpaired) electrons. The number of benzene rings is 1. The lowest BCUT2D eigenvalue weighted by atomic mass is 10.1. The molecule has 0 aliphatic carbocycles. The summed E-state index contributed by atoms with van der Waals surface area (Å²) >= 11 is 0. The van der Waals surface area contributed by atoms with Crippen LogP contribution in [-0.4, -0.2) is 52.3 Å². The van der Waals surface area contributed by atoms with Gasteiger partial charge in [-0.15, -0.1) is 0 Å². The van der Waals surface area contributed by atoms with E-state index in [0.29, 0.717) is 12.0 Å². The maximum Gasteiger partial charge on any atom is 0.326 e. The zero-order chi connectivity index (χ0) is 15.4. The molecule has 0 spiro atoms. The van der Waals surface area contributed by atoms with E-state index in [0.717, 1.165) is 4.90 Å². The summed E-state index contributed by atoms with van der Waals surface area (Å²) in [7, 11) is 0. The van der Waals surface area contributed by atoms with Crippen LogP contribution in [0.2, 0.25) is 0 Å². The maximum atomic E-state index is 13.4. The molecule has 1 aromatic carbocycles. The average molecular weight is 296 g/mol. The van der Waals surface area contributed by atoms with Gasteiger partial charge in [-0.05, 0) is 18.1 Å². The van der Waals surface area contributed by atoms with Crippen LogP contribution < -0.4 is 5.32 Å². The molecule has 1 aliphatic heterocycles. The number of halogens is 1. The van der Waals surface area contributed by atoms with Crippen molar-refractivity contribution in [3.05, 3.63) is 35.6 Å². The van der Waals surface area contributed by atoms with Gasteiger partial charge in [-0.3, -0.25) is 0 Å². The van der Waals surface area contributed by atoms with Crippen molar-refractivity contribution in [2.45, 2.75) is 25.0 Å². The molecule has 0 bridgehead atoms. The van der Waals surface area contributed by atoms with E-state index in [2.05, 4.69) is 5.32 Å². The lowest BCUT2D eigenvalue weighted by Crippen LogP contribution is -2.46. The van der Waals surface area contributed by atoms with Crippen molar-refractivity contribution < 1.29 is 24.2 Å². The third-order valence-electron chi connectivity index (χ3n) is 3.45. The van der Waals surface area contributed by atoms with Crippen molar-refractivity contribution >= 4 is 12.0 Å². The van der Waals surface area contributed by atoms with Gasteiger partial charge in [0.1, 0.15) is 11.9 Å². The minimum Gasteiger partial charge on any atom is -0.480 e. The second-order valence-electron chi connectivity index (χ2n) is 4.97. The fourth-order valence-corrected chi connectivity index (χ4v) is 2.38. The molecule has 1 aromatic rings. The summed E-state index contributed by atoms with van der Waals surface area (Å²) in [5.41, 5.74) is 0.481. The SMILES string of the molecule is O=C(O)[C@H]1C[C@@H](O)CN1C(=O)NCCc1ccccc1F. The summed E-state index contributed by atoms with van der Waals surface area (Å²) in [5, 5.41) is 21.0. The number of nitrogens with zero attached hydrogens (tertiary/aromatic N) is 1. The third kappa shape index (κ3) is 3.69. The monoisotopic (exact) mass is 296 g/mol. The summed E-state index contributed by atoms with van der Waals surface area (Å²) in [6.07, 6.45) is -0.494. The minimum absolute atomic E-state index is 0.0114. The van der Waals surface area contributed by atoms with Crippen LogP contribution in [0.5, 0.6) is 0 Å². The first kappa shape index (κ1) is 15.2. The Bertz CT molecular complexity index is 537. The topological polar surface area (TPSA) is 89.9 Å². The Morgan fingerprint density at radius 1 is 1.38 bits per heavy atom. The molecule has 1 saturated heterocycles. The van der Waals surface area contributed by atoms with Crippen LogP contribution in [0.4, 0.5) is 9.18 Å². The molecule has 1 fully saturated rings. The van der Waals surface area contributed by atoms with E-state index in [1.54, 1.807) is 18.2 Å². The highest BCUT2D eigenvalue weighted by Crippen LogP contribution is 2.18. The number of carbonyl (C=O) groups is 2. The van der Waals surface area contributed by atoms with Crippen LogP contribution in [0.25, 0.3) is 0 Å². The summed E-state index contributed by atoms with van der Waals surface area (Å²) in [5.74, 6) is -1.48. The highest BCUT2D eigenvalue weighted by atomic mass is 19.1. The fourth-order valence-electron chi connectivity index (χ4n) is 2.38. The number of rotatable bonds is 4. The minimum atomic E-state index is -1.14. The number of β-amino-alcohol motifs (C(OH)–C–C–N with tert-alkyl or cyclic N) is 1. The van der Waals surface area contributed by atoms with Gasteiger partial charge in [-0.1, -0.05) is 18.2 Å². The molecule has 3 N–H and O–H groups in total. The van der Waals surface area contributed by atoms with E-state index in [9.17, 15) is 19.1 Å². The maximum absolute atomic E-state index is 13.4. The van der Waals surface area contributed by atoms with E-state index >= 15 is 0 Å². The first-order valence-electron chi connectivity index (χ1n) is 6.67. The van der Waals surface area contributed by atoms with Crippen molar-refractivity contribution in [2.75, 3.05) is 13.1 Å². The van der Waals surface area contributed by atoms with Crippen molar-refractivity contribution in [1.29, 1.82) is 0 Å². The number of carbonyl (C=O) groups excluding carboxylic acids is 1. The zero-order valence-corrected chi connectivity index (χ0v) is 11.3. The van der Waals surface area contributed by atoms with Gasteiger partial charge in [0.15, 0.2) is 0 Å². The number of nitrogens with one attached hydrogen (secondary N) is 1. The summed E-state index contributed by atoms with van der Waals surface area (Å²) in [4.78, 5) is 24.0. The lowest BCUT2D eigenvalue weighted by Gasteiger charge is -2.21. The molecule has 0 aromatic heterocycles. The number of carboxylic acids is 1. The highest BCUT2D eigenvalue weighted by molar-refractivity contribution is 5.83. The van der Waals surface area contributed by atoms with Crippen LogP contribution in [-0.2, 0) is 11.2 Å². The second-order valence-corrected chi connectivity index (χ2v) is 4.97. The third-order valence-corrected chi connectivity index (χ3v) is 3.45. The molecular formula is C14H17FN2O4. The first-order chi connectivity index (χ1) is 9.99. The van der Waals surface area contributed by atoms with Crippen molar-refractivity contribution in [3.63, 3.8) is 0 Å². The van der Waals surface area contributed by atoms with Gasteiger partial charge in [0, 0.05) is 19.5 Å². The number of carboxylic acid groups (broad SMARTS) is 1. The van der Waals surface area contributed by atoms with Crippen LogP contribution >= 0.6 is 0 Å². The van der Waals surface area contributed by atoms with Gasteiger partial charge in [0.05, 0.1) is 6.10 Å². The van der Waals surface area contributed by atoms with E-state index in [4.69, 9.17) is 5.11 Å². The van der Waals surface area contributed by atoms with Crippen molar-refractivity contribution in [1.82, 2.24) is 10.2 Å². The standard InChI is InChI=1S/C14H17FN2O4/c15-11-4-2-1-3-9(11)5-6-16-14(21)17-8-10(18)7-12(17)13(19)20/h1-4,10,12,18H,5-8H2,(H,16,21)(H,19,20)/t10-,12-/m1/s1. The highest BCUT2D eigenvalue weighted by Gasteiger charge is 2.38. The van der Waals surface area contributed by atoms with Gasteiger partial charge in [-0.25, -0.2) is 14.0 Å². The molecule has 0 unspecified atom stereocenters. The molecule has 21 heavy (non-hydrogen) atoms. The van der Waals surface area contributed by atoms with E-state index < -0.39 is 24.1 Å². The Labute approximate surface area is 121 Å². The van der Waals surface area contributed by atoms with Gasteiger partial charge in [0.2, 0.25) is 0 Å². The Hall–Kier alpha value is -2.15. The van der Waals surface area contributed by atoms with E-state index in [1.807, 2.05) is 0 Å². The average Bonchev–Trinajstić information content (AvgIpc) is 2.83. The lowest BCUT2D eigenvalue weighted by molar-refractivity contribution is -0.141. The normalized spacial score (nSPS) is 21.3. The van der Waals surface area contributed by atoms with E-state index in [1.165, 1.54) is 6.07 Å². The Morgan fingerprint density at radius 2 is 2.10 bits per heavy atom. The first-order valence-corrected chi connectivity index (χ1v) is 6.67. The fraction of sp³-hybridized carbons (Fsp3) is 0.429. The van der Waals surface area contributed by atoms with Gasteiger partial charge >= 0.3 is 12.0 Å².